The lowest BCUT2D eigenvalue weighted by atomic mass is 10.0. The Morgan fingerprint density at radius 1 is 0.906 bits per heavy atom. The number of benzene rings is 3. The monoisotopic (exact) mass is 423 g/mol. The lowest BCUT2D eigenvalue weighted by Gasteiger charge is -2.17. The predicted molar refractivity (Wildman–Crippen MR) is 127 cm³/mol. The highest BCUT2D eigenvalue weighted by Crippen LogP contribution is 2.28. The largest absolute Gasteiger partial charge is 0.450 e. The number of rotatable bonds is 6. The average molecular weight is 424 g/mol. The maximum absolute atomic E-state index is 13.3. The molecule has 0 bridgehead atoms. The minimum atomic E-state index is -0.847. The first-order valence-electron chi connectivity index (χ1n) is 10.8. The van der Waals surface area contributed by atoms with Crippen LogP contribution in [0.25, 0.3) is 22.2 Å². The molecule has 4 nitrogen and oxygen atoms in total. The van der Waals surface area contributed by atoms with Crippen LogP contribution in [0.5, 0.6) is 0 Å². The van der Waals surface area contributed by atoms with Crippen LogP contribution < -0.4 is 0 Å². The molecule has 0 spiro atoms. The van der Waals surface area contributed by atoms with Gasteiger partial charge in [0.15, 0.2) is 6.10 Å². The molecule has 0 unspecified atom stereocenters. The summed E-state index contributed by atoms with van der Waals surface area (Å²) in [6, 6.07) is 24.4. The number of fused-ring (bicyclic) bond motifs is 1. The minimum absolute atomic E-state index is 0.199. The molecule has 0 fully saturated rings. The Kier molecular flexibility index (Phi) is 6.13. The number of hydrogen-bond donors (Lipinski definition) is 0. The van der Waals surface area contributed by atoms with Crippen LogP contribution in [0.15, 0.2) is 78.9 Å². The van der Waals surface area contributed by atoms with Gasteiger partial charge in [-0.2, -0.15) is 0 Å². The number of carbonyl (C=O) groups excluding carboxylic acids is 2. The normalized spacial score (nSPS) is 11.8. The van der Waals surface area contributed by atoms with E-state index in [1.807, 2.05) is 69.3 Å². The summed E-state index contributed by atoms with van der Waals surface area (Å²) in [6.45, 7) is 5.83. The summed E-state index contributed by atoms with van der Waals surface area (Å²) in [5, 5.41) is 0.716. The van der Waals surface area contributed by atoms with Gasteiger partial charge in [0.1, 0.15) is 0 Å². The Bertz CT molecular complexity index is 1280. The first-order chi connectivity index (χ1) is 15.5. The molecule has 1 aromatic heterocycles. The molecule has 0 aliphatic heterocycles. The van der Waals surface area contributed by atoms with E-state index in [1.165, 1.54) is 0 Å². The van der Waals surface area contributed by atoms with Gasteiger partial charge in [-0.25, -0.2) is 9.78 Å². The number of ether oxygens (including phenoxy) is 1. The van der Waals surface area contributed by atoms with Gasteiger partial charge in [-0.05, 0) is 31.9 Å². The first kappa shape index (κ1) is 21.4. The quantitative estimate of drug-likeness (QED) is 0.268. The van der Waals surface area contributed by atoms with Gasteiger partial charge in [0.25, 0.3) is 0 Å². The SMILES string of the molecule is CC[C@H](OC(=O)c1cc(-c2ccc(C)cc2)nc2c(C)cccc12)C(=O)c1ccccc1. The van der Waals surface area contributed by atoms with E-state index in [0.717, 1.165) is 22.2 Å². The van der Waals surface area contributed by atoms with Crippen molar-refractivity contribution in [3.63, 3.8) is 0 Å². The zero-order valence-corrected chi connectivity index (χ0v) is 18.5. The van der Waals surface area contributed by atoms with Gasteiger partial charge >= 0.3 is 5.97 Å². The summed E-state index contributed by atoms with van der Waals surface area (Å²) < 4.78 is 5.74. The highest BCUT2D eigenvalue weighted by Gasteiger charge is 2.25. The van der Waals surface area contributed by atoms with E-state index in [-0.39, 0.29) is 5.78 Å². The molecule has 0 saturated carbocycles. The minimum Gasteiger partial charge on any atom is -0.450 e. The number of pyridine rings is 1. The molecule has 0 radical (unpaired) electrons. The molecule has 1 heterocycles. The highest BCUT2D eigenvalue weighted by molar-refractivity contribution is 6.07. The summed E-state index contributed by atoms with van der Waals surface area (Å²) in [6.07, 6.45) is -0.451. The molecule has 160 valence electrons. The second kappa shape index (κ2) is 9.15. The molecule has 1 atom stereocenters. The van der Waals surface area contributed by atoms with Crippen molar-refractivity contribution in [1.29, 1.82) is 0 Å². The van der Waals surface area contributed by atoms with Crippen LogP contribution in [0.4, 0.5) is 0 Å². The van der Waals surface area contributed by atoms with E-state index in [0.29, 0.717) is 28.6 Å². The molecular weight excluding hydrogens is 398 g/mol. The van der Waals surface area contributed by atoms with Crippen molar-refractivity contribution in [2.24, 2.45) is 0 Å². The number of aryl methyl sites for hydroxylation is 2. The van der Waals surface area contributed by atoms with Crippen LogP contribution in [0, 0.1) is 13.8 Å². The summed E-state index contributed by atoms with van der Waals surface area (Å²) in [5.74, 6) is -0.720. The predicted octanol–water partition coefficient (Wildman–Crippen LogP) is 6.34. The smallest absolute Gasteiger partial charge is 0.339 e. The number of aromatic nitrogens is 1. The molecule has 4 heteroatoms. The molecule has 4 rings (SSSR count). The fourth-order valence-electron chi connectivity index (χ4n) is 3.74. The third-order valence-electron chi connectivity index (χ3n) is 5.58. The van der Waals surface area contributed by atoms with Crippen LogP contribution in [0.2, 0.25) is 0 Å². The molecule has 0 aliphatic carbocycles. The van der Waals surface area contributed by atoms with Gasteiger partial charge in [-0.1, -0.05) is 85.3 Å². The molecule has 0 N–H and O–H groups in total. The summed E-state index contributed by atoms with van der Waals surface area (Å²) in [5.41, 5.74) is 5.42. The van der Waals surface area contributed by atoms with Gasteiger partial charge in [0, 0.05) is 16.5 Å². The van der Waals surface area contributed by atoms with Gasteiger partial charge in [-0.3, -0.25) is 4.79 Å². The maximum Gasteiger partial charge on any atom is 0.339 e. The fraction of sp³-hybridized carbons (Fsp3) is 0.179. The lowest BCUT2D eigenvalue weighted by Crippen LogP contribution is -2.27. The van der Waals surface area contributed by atoms with Gasteiger partial charge in [0.2, 0.25) is 5.78 Å². The standard InChI is InChI=1S/C28H25NO3/c1-4-25(27(30)21-10-6-5-7-11-21)32-28(31)23-17-24(20-15-13-18(2)14-16-20)29-26-19(3)9-8-12-22(23)26/h5-17,25H,4H2,1-3H3/t25-/m0/s1. The number of ketones is 1. The van der Waals surface area contributed by atoms with Crippen LogP contribution >= 0.6 is 0 Å². The van der Waals surface area contributed by atoms with Crippen molar-refractivity contribution < 1.29 is 14.3 Å². The molecule has 0 saturated heterocycles. The average Bonchev–Trinajstić information content (AvgIpc) is 2.82. The van der Waals surface area contributed by atoms with Crippen LogP contribution in [-0.2, 0) is 4.74 Å². The van der Waals surface area contributed by atoms with Crippen LogP contribution in [0.1, 0.15) is 45.2 Å². The van der Waals surface area contributed by atoms with Crippen molar-refractivity contribution in [3.8, 4) is 11.3 Å². The summed E-state index contributed by atoms with van der Waals surface area (Å²) in [7, 11) is 0. The van der Waals surface area contributed by atoms with Crippen molar-refractivity contribution >= 4 is 22.7 Å². The first-order valence-corrected chi connectivity index (χ1v) is 10.8. The number of esters is 1. The topological polar surface area (TPSA) is 56.3 Å². The van der Waals surface area contributed by atoms with E-state index in [9.17, 15) is 9.59 Å². The van der Waals surface area contributed by atoms with Crippen molar-refractivity contribution in [3.05, 3.63) is 101 Å². The second-order valence-electron chi connectivity index (χ2n) is 7.92. The Morgan fingerprint density at radius 3 is 2.31 bits per heavy atom. The lowest BCUT2D eigenvalue weighted by molar-refractivity contribution is 0.0279. The molecule has 4 aromatic rings. The summed E-state index contributed by atoms with van der Waals surface area (Å²) >= 11 is 0. The van der Waals surface area contributed by atoms with E-state index in [2.05, 4.69) is 0 Å². The molecule has 3 aromatic carbocycles. The molecular formula is C28H25NO3. The van der Waals surface area contributed by atoms with Crippen molar-refractivity contribution in [2.75, 3.05) is 0 Å². The zero-order chi connectivity index (χ0) is 22.7. The Hall–Kier alpha value is -3.79. The Morgan fingerprint density at radius 2 is 1.62 bits per heavy atom. The van der Waals surface area contributed by atoms with E-state index in [4.69, 9.17) is 9.72 Å². The van der Waals surface area contributed by atoms with E-state index in [1.54, 1.807) is 30.3 Å². The molecule has 0 aliphatic rings. The number of nitrogens with zero attached hydrogens (tertiary/aromatic N) is 1. The Balaban J connectivity index is 1.75. The third-order valence-corrected chi connectivity index (χ3v) is 5.58. The van der Waals surface area contributed by atoms with E-state index >= 15 is 0 Å². The zero-order valence-electron chi connectivity index (χ0n) is 18.5. The van der Waals surface area contributed by atoms with Crippen molar-refractivity contribution in [2.45, 2.75) is 33.3 Å². The number of carbonyl (C=O) groups is 2. The molecule has 0 amide bonds. The maximum atomic E-state index is 13.3. The number of hydrogen-bond acceptors (Lipinski definition) is 4. The van der Waals surface area contributed by atoms with Gasteiger partial charge in [-0.15, -0.1) is 0 Å². The number of para-hydroxylation sites is 1. The Labute approximate surface area is 187 Å². The van der Waals surface area contributed by atoms with Gasteiger partial charge in [0.05, 0.1) is 16.8 Å². The number of Topliss-reactive ketones (excluding diaryl/α,β-unsaturated/α-hetero) is 1. The second-order valence-corrected chi connectivity index (χ2v) is 7.92. The third kappa shape index (κ3) is 4.30. The van der Waals surface area contributed by atoms with Crippen LogP contribution in [-0.4, -0.2) is 22.8 Å². The fourth-order valence-corrected chi connectivity index (χ4v) is 3.74. The highest BCUT2D eigenvalue weighted by atomic mass is 16.5. The summed E-state index contributed by atoms with van der Waals surface area (Å²) in [4.78, 5) is 31.0. The van der Waals surface area contributed by atoms with E-state index < -0.39 is 12.1 Å². The van der Waals surface area contributed by atoms with Crippen LogP contribution in [0.3, 0.4) is 0 Å². The van der Waals surface area contributed by atoms with Crippen molar-refractivity contribution in [1.82, 2.24) is 4.98 Å². The molecule has 32 heavy (non-hydrogen) atoms. The van der Waals surface area contributed by atoms with Gasteiger partial charge < -0.3 is 4.74 Å².